The molecule has 0 saturated heterocycles. The summed E-state index contributed by atoms with van der Waals surface area (Å²) in [6, 6.07) is 5.65. The third-order valence-electron chi connectivity index (χ3n) is 2.51. The number of nitrogens with zero attached hydrogens (tertiary/aromatic N) is 1. The van der Waals surface area contributed by atoms with Crippen LogP contribution < -0.4 is 10.1 Å². The van der Waals surface area contributed by atoms with Gasteiger partial charge in [0.25, 0.3) is 11.8 Å². The molecule has 0 saturated carbocycles. The van der Waals surface area contributed by atoms with Crippen LogP contribution in [0.3, 0.4) is 0 Å². The Kier molecular flexibility index (Phi) is 5.69. The number of aromatic nitrogens is 1. The summed E-state index contributed by atoms with van der Waals surface area (Å²) in [7, 11) is 0. The van der Waals surface area contributed by atoms with E-state index in [9.17, 15) is 14.0 Å². The normalized spacial score (nSPS) is 10.2. The summed E-state index contributed by atoms with van der Waals surface area (Å²) in [5.74, 6) is -1.37. The predicted octanol–water partition coefficient (Wildman–Crippen LogP) is 2.45. The molecule has 2 aromatic rings. The Morgan fingerprint density at radius 3 is 2.78 bits per heavy atom. The fourth-order valence-corrected chi connectivity index (χ4v) is 1.84. The number of hydrogen-bond donors (Lipinski definition) is 1. The summed E-state index contributed by atoms with van der Waals surface area (Å²) in [5, 5.41) is 5.82. The van der Waals surface area contributed by atoms with Gasteiger partial charge in [-0.15, -0.1) is 0 Å². The largest absolute Gasteiger partial charge is 0.463 e. The van der Waals surface area contributed by atoms with E-state index in [-0.39, 0.29) is 11.6 Å². The number of nitrogens with one attached hydrogen (secondary N) is 1. The molecule has 0 bridgehead atoms. The highest BCUT2D eigenvalue weighted by molar-refractivity contribution is 9.10. The number of carbonyl (C=O) groups is 2. The Balaban J connectivity index is 1.74. The second-order valence-electron chi connectivity index (χ2n) is 4.40. The lowest BCUT2D eigenvalue weighted by Crippen LogP contribution is -2.24. The Morgan fingerprint density at radius 1 is 1.35 bits per heavy atom. The molecule has 122 valence electrons. The second kappa shape index (κ2) is 7.73. The molecule has 1 N–H and O–H groups in total. The summed E-state index contributed by atoms with van der Waals surface area (Å²) in [6.45, 7) is 0.686. The van der Waals surface area contributed by atoms with E-state index in [0.29, 0.717) is 10.2 Å². The van der Waals surface area contributed by atoms with Crippen molar-refractivity contribution < 1.29 is 28.0 Å². The van der Waals surface area contributed by atoms with Crippen LogP contribution in [-0.4, -0.2) is 30.2 Å². The highest BCUT2D eigenvalue weighted by atomic mass is 79.9. The van der Waals surface area contributed by atoms with Gasteiger partial charge in [0.1, 0.15) is 11.6 Å². The van der Waals surface area contributed by atoms with Crippen LogP contribution in [0.15, 0.2) is 33.3 Å². The molecule has 1 heterocycles. The number of anilines is 1. The lowest BCUT2D eigenvalue weighted by atomic mass is 10.3. The van der Waals surface area contributed by atoms with E-state index in [2.05, 4.69) is 26.4 Å². The van der Waals surface area contributed by atoms with Crippen molar-refractivity contribution in [3.05, 3.63) is 40.3 Å². The van der Waals surface area contributed by atoms with Crippen molar-refractivity contribution in [1.82, 2.24) is 5.16 Å². The molecule has 0 radical (unpaired) electrons. The number of benzene rings is 1. The van der Waals surface area contributed by atoms with Crippen molar-refractivity contribution in [1.29, 1.82) is 0 Å². The maximum atomic E-state index is 13.5. The van der Waals surface area contributed by atoms with Gasteiger partial charge in [-0.05, 0) is 30.3 Å². The number of esters is 1. The van der Waals surface area contributed by atoms with Crippen molar-refractivity contribution in [2.24, 2.45) is 0 Å². The van der Waals surface area contributed by atoms with Gasteiger partial charge in [0.05, 0.1) is 5.69 Å². The van der Waals surface area contributed by atoms with Gasteiger partial charge >= 0.3 is 5.97 Å². The molecule has 0 atom stereocenters. The van der Waals surface area contributed by atoms with Crippen LogP contribution in [0.1, 0.15) is 5.76 Å². The molecule has 0 aliphatic heterocycles. The minimum Gasteiger partial charge on any atom is -0.463 e. The lowest BCUT2D eigenvalue weighted by molar-refractivity contribution is -0.149. The maximum Gasteiger partial charge on any atom is 0.344 e. The molecule has 0 aliphatic rings. The zero-order chi connectivity index (χ0) is 16.8. The molecule has 1 aromatic heterocycles. The zero-order valence-corrected chi connectivity index (χ0v) is 13.6. The standard InChI is InChI=1S/C14H12BrFN2O5/c1-8-4-13(18-23-8)21-7-14(20)22-6-12(19)17-11-3-2-9(15)5-10(11)16/h2-5H,6-7H2,1H3,(H,17,19). The first-order chi connectivity index (χ1) is 10.9. The van der Waals surface area contributed by atoms with Crippen LogP contribution in [0, 0.1) is 12.7 Å². The Morgan fingerprint density at radius 2 is 2.13 bits per heavy atom. The van der Waals surface area contributed by atoms with E-state index in [1.165, 1.54) is 18.2 Å². The van der Waals surface area contributed by atoms with Crippen LogP contribution in [0.2, 0.25) is 0 Å². The van der Waals surface area contributed by atoms with Gasteiger partial charge in [-0.1, -0.05) is 15.9 Å². The van der Waals surface area contributed by atoms with Gasteiger partial charge in [-0.2, -0.15) is 0 Å². The summed E-state index contributed by atoms with van der Waals surface area (Å²) in [4.78, 5) is 23.0. The second-order valence-corrected chi connectivity index (χ2v) is 5.31. The highest BCUT2D eigenvalue weighted by Crippen LogP contribution is 2.19. The van der Waals surface area contributed by atoms with E-state index in [4.69, 9.17) is 14.0 Å². The topological polar surface area (TPSA) is 90.7 Å². The van der Waals surface area contributed by atoms with Crippen molar-refractivity contribution in [2.45, 2.75) is 6.92 Å². The van der Waals surface area contributed by atoms with Crippen LogP contribution >= 0.6 is 15.9 Å². The van der Waals surface area contributed by atoms with Crippen molar-refractivity contribution in [3.63, 3.8) is 0 Å². The molecule has 0 fully saturated rings. The van der Waals surface area contributed by atoms with Crippen molar-refractivity contribution >= 4 is 33.5 Å². The fourth-order valence-electron chi connectivity index (χ4n) is 1.51. The first-order valence-corrected chi connectivity index (χ1v) is 7.20. The number of hydrogen-bond acceptors (Lipinski definition) is 6. The first-order valence-electron chi connectivity index (χ1n) is 6.40. The first kappa shape index (κ1) is 16.9. The van der Waals surface area contributed by atoms with E-state index in [1.807, 2.05) is 0 Å². The van der Waals surface area contributed by atoms with E-state index in [1.54, 1.807) is 13.0 Å². The van der Waals surface area contributed by atoms with E-state index >= 15 is 0 Å². The molecule has 1 amide bonds. The molecule has 0 spiro atoms. The third-order valence-corrected chi connectivity index (χ3v) is 3.01. The highest BCUT2D eigenvalue weighted by Gasteiger charge is 2.12. The average molecular weight is 387 g/mol. The monoisotopic (exact) mass is 386 g/mol. The molecular weight excluding hydrogens is 375 g/mol. The van der Waals surface area contributed by atoms with Crippen molar-refractivity contribution in [2.75, 3.05) is 18.5 Å². The van der Waals surface area contributed by atoms with Gasteiger partial charge in [0.15, 0.2) is 13.2 Å². The molecule has 2 rings (SSSR count). The molecule has 0 aliphatic carbocycles. The van der Waals surface area contributed by atoms with Gasteiger partial charge in [-0.25, -0.2) is 9.18 Å². The summed E-state index contributed by atoms with van der Waals surface area (Å²) >= 11 is 3.10. The Bertz CT molecular complexity index is 719. The minimum absolute atomic E-state index is 0.0106. The lowest BCUT2D eigenvalue weighted by Gasteiger charge is -2.07. The number of aryl methyl sites for hydroxylation is 1. The summed E-state index contributed by atoms with van der Waals surface area (Å²) in [5.41, 5.74) is -0.0106. The van der Waals surface area contributed by atoms with Gasteiger partial charge in [0.2, 0.25) is 0 Å². The molecular formula is C14H12BrFN2O5. The molecule has 9 heteroatoms. The van der Waals surface area contributed by atoms with Crippen LogP contribution in [-0.2, 0) is 14.3 Å². The number of carbonyl (C=O) groups excluding carboxylic acids is 2. The van der Waals surface area contributed by atoms with Gasteiger partial charge in [0, 0.05) is 10.5 Å². The fraction of sp³-hybridized carbons (Fsp3) is 0.214. The molecule has 7 nitrogen and oxygen atoms in total. The number of ether oxygens (including phenoxy) is 2. The molecule has 23 heavy (non-hydrogen) atoms. The van der Waals surface area contributed by atoms with Gasteiger partial charge < -0.3 is 19.3 Å². The zero-order valence-electron chi connectivity index (χ0n) is 12.0. The molecule has 1 aromatic carbocycles. The van der Waals surface area contributed by atoms with Crippen LogP contribution in [0.4, 0.5) is 10.1 Å². The third kappa shape index (κ3) is 5.37. The smallest absolute Gasteiger partial charge is 0.344 e. The predicted molar refractivity (Wildman–Crippen MR) is 80.4 cm³/mol. The quantitative estimate of drug-likeness (QED) is 0.766. The van der Waals surface area contributed by atoms with Crippen LogP contribution in [0.25, 0.3) is 0 Å². The summed E-state index contributed by atoms with van der Waals surface area (Å²) < 4.78 is 28.5. The SMILES string of the molecule is Cc1cc(OCC(=O)OCC(=O)Nc2ccc(Br)cc2F)no1. The summed E-state index contributed by atoms with van der Waals surface area (Å²) in [6.07, 6.45) is 0. The minimum atomic E-state index is -0.767. The number of amides is 1. The van der Waals surface area contributed by atoms with Crippen LogP contribution in [0.5, 0.6) is 5.88 Å². The number of rotatable bonds is 6. The van der Waals surface area contributed by atoms with Crippen molar-refractivity contribution in [3.8, 4) is 5.88 Å². The van der Waals surface area contributed by atoms with E-state index in [0.717, 1.165) is 0 Å². The Hall–Kier alpha value is -2.42. The Labute approximate surface area is 138 Å². The van der Waals surface area contributed by atoms with E-state index < -0.39 is 30.9 Å². The molecule has 0 unspecified atom stereocenters. The average Bonchev–Trinajstić information content (AvgIpc) is 2.91. The number of halogens is 2. The van der Waals surface area contributed by atoms with Gasteiger partial charge in [-0.3, -0.25) is 4.79 Å². The maximum absolute atomic E-state index is 13.5.